The van der Waals surface area contributed by atoms with Crippen LogP contribution in [-0.2, 0) is 0 Å². The molecule has 0 atom stereocenters. The summed E-state index contributed by atoms with van der Waals surface area (Å²) >= 11 is 0. The molecule has 0 aliphatic carbocycles. The lowest BCUT2D eigenvalue weighted by atomic mass is 10.2. The number of rotatable bonds is 5. The number of halogens is 4. The number of hydrogen-bond acceptors (Lipinski definition) is 5. The molecule has 0 unspecified atom stereocenters. The standard InChI is InChI=1S/C15H12F4N4O2/c1-22(2)11-4-3-8(5-12(11)23(24)25)7-20-21-15-13(18)9(16)6-10(17)14(15)19/h3-7,21H,1-2H3. The molecule has 2 aromatic rings. The molecular formula is C15H12F4N4O2. The maximum Gasteiger partial charge on any atom is 0.293 e. The molecule has 0 fully saturated rings. The Labute approximate surface area is 139 Å². The Balaban J connectivity index is 2.30. The fourth-order valence-corrected chi connectivity index (χ4v) is 1.99. The van der Waals surface area contributed by atoms with Gasteiger partial charge in [-0.2, -0.15) is 5.10 Å². The monoisotopic (exact) mass is 356 g/mol. The number of hydrogen-bond donors (Lipinski definition) is 1. The van der Waals surface area contributed by atoms with Crippen molar-refractivity contribution in [1.29, 1.82) is 0 Å². The summed E-state index contributed by atoms with van der Waals surface area (Å²) in [5, 5.41) is 14.5. The summed E-state index contributed by atoms with van der Waals surface area (Å²) < 4.78 is 53.1. The van der Waals surface area contributed by atoms with Crippen LogP contribution in [0.15, 0.2) is 29.4 Å². The molecule has 0 aliphatic heterocycles. The van der Waals surface area contributed by atoms with Crippen LogP contribution in [0.25, 0.3) is 0 Å². The van der Waals surface area contributed by atoms with Gasteiger partial charge in [-0.05, 0) is 6.07 Å². The Kier molecular flexibility index (Phi) is 5.20. The molecule has 2 rings (SSSR count). The van der Waals surface area contributed by atoms with E-state index in [-0.39, 0.29) is 17.3 Å². The maximum atomic E-state index is 13.5. The van der Waals surface area contributed by atoms with Crippen LogP contribution in [0.1, 0.15) is 5.56 Å². The second-order valence-corrected chi connectivity index (χ2v) is 5.11. The van der Waals surface area contributed by atoms with Crippen molar-refractivity contribution < 1.29 is 22.5 Å². The summed E-state index contributed by atoms with van der Waals surface area (Å²) in [6.45, 7) is 0. The van der Waals surface area contributed by atoms with E-state index in [1.54, 1.807) is 14.1 Å². The molecule has 0 bridgehead atoms. The molecule has 6 nitrogen and oxygen atoms in total. The van der Waals surface area contributed by atoms with Crippen LogP contribution in [0, 0.1) is 33.4 Å². The quantitative estimate of drug-likeness (QED) is 0.292. The lowest BCUT2D eigenvalue weighted by Gasteiger charge is -2.12. The fraction of sp³-hybridized carbons (Fsp3) is 0.133. The van der Waals surface area contributed by atoms with Gasteiger partial charge < -0.3 is 4.90 Å². The highest BCUT2D eigenvalue weighted by molar-refractivity contribution is 5.83. The Bertz CT molecular complexity index is 830. The predicted octanol–water partition coefficient (Wildman–Crippen LogP) is 3.66. The number of nitrogens with one attached hydrogen (secondary N) is 1. The highest BCUT2D eigenvalue weighted by Gasteiger charge is 2.19. The minimum atomic E-state index is -1.63. The largest absolute Gasteiger partial charge is 0.372 e. The molecule has 0 aromatic heterocycles. The number of benzene rings is 2. The van der Waals surface area contributed by atoms with Gasteiger partial charge in [-0.1, -0.05) is 6.07 Å². The van der Waals surface area contributed by atoms with Crippen LogP contribution in [-0.4, -0.2) is 25.2 Å². The van der Waals surface area contributed by atoms with Gasteiger partial charge in [0.25, 0.3) is 5.69 Å². The molecule has 0 amide bonds. The molecule has 10 heteroatoms. The fourth-order valence-electron chi connectivity index (χ4n) is 1.99. The molecular weight excluding hydrogens is 344 g/mol. The summed E-state index contributed by atoms with van der Waals surface area (Å²) in [7, 11) is 3.25. The van der Waals surface area contributed by atoms with Crippen molar-refractivity contribution in [1.82, 2.24) is 0 Å². The van der Waals surface area contributed by atoms with E-state index < -0.39 is 33.9 Å². The van der Waals surface area contributed by atoms with Crippen LogP contribution in [0.5, 0.6) is 0 Å². The van der Waals surface area contributed by atoms with E-state index in [0.717, 1.165) is 6.21 Å². The van der Waals surface area contributed by atoms with Crippen LogP contribution in [0.2, 0.25) is 0 Å². The maximum absolute atomic E-state index is 13.5. The van der Waals surface area contributed by atoms with Crippen molar-refractivity contribution in [3.05, 3.63) is 63.2 Å². The van der Waals surface area contributed by atoms with Crippen molar-refractivity contribution in [3.8, 4) is 0 Å². The van der Waals surface area contributed by atoms with Crippen molar-refractivity contribution in [2.24, 2.45) is 5.10 Å². The molecule has 1 N–H and O–H groups in total. The number of hydrazone groups is 1. The van der Waals surface area contributed by atoms with Gasteiger partial charge >= 0.3 is 0 Å². The van der Waals surface area contributed by atoms with Crippen LogP contribution in [0.3, 0.4) is 0 Å². The summed E-state index contributed by atoms with van der Waals surface area (Å²) in [6.07, 6.45) is 1.02. The van der Waals surface area contributed by atoms with Gasteiger partial charge in [-0.25, -0.2) is 17.6 Å². The molecule has 0 saturated heterocycles. The lowest BCUT2D eigenvalue weighted by molar-refractivity contribution is -0.384. The highest BCUT2D eigenvalue weighted by Crippen LogP contribution is 2.27. The number of nitrogens with zero attached hydrogens (tertiary/aromatic N) is 3. The summed E-state index contributed by atoms with van der Waals surface area (Å²) in [4.78, 5) is 12.0. The van der Waals surface area contributed by atoms with Gasteiger partial charge in [0.15, 0.2) is 23.3 Å². The molecule has 2 aromatic carbocycles. The minimum Gasteiger partial charge on any atom is -0.372 e. The van der Waals surface area contributed by atoms with Gasteiger partial charge in [-0.3, -0.25) is 15.5 Å². The Morgan fingerprint density at radius 1 is 1.12 bits per heavy atom. The smallest absolute Gasteiger partial charge is 0.293 e. The van der Waals surface area contributed by atoms with Crippen molar-refractivity contribution in [3.63, 3.8) is 0 Å². The Hall–Kier alpha value is -3.17. The summed E-state index contributed by atoms with van der Waals surface area (Å²) in [5.41, 5.74) is 1.13. The van der Waals surface area contributed by atoms with Crippen LogP contribution >= 0.6 is 0 Å². The van der Waals surface area contributed by atoms with Gasteiger partial charge in [0.05, 0.1) is 11.1 Å². The molecule has 0 radical (unpaired) electrons. The van der Waals surface area contributed by atoms with Gasteiger partial charge in [0.1, 0.15) is 11.4 Å². The molecule has 0 aliphatic rings. The number of nitro benzene ring substituents is 1. The van der Waals surface area contributed by atoms with Crippen molar-refractivity contribution in [2.75, 3.05) is 24.4 Å². The van der Waals surface area contributed by atoms with E-state index in [0.29, 0.717) is 5.69 Å². The lowest BCUT2D eigenvalue weighted by Crippen LogP contribution is -2.11. The molecule has 0 spiro atoms. The zero-order chi connectivity index (χ0) is 18.7. The first-order chi connectivity index (χ1) is 11.7. The third kappa shape index (κ3) is 3.84. The third-order valence-corrected chi connectivity index (χ3v) is 3.18. The summed E-state index contributed by atoms with van der Waals surface area (Å²) in [6, 6.07) is 4.21. The van der Waals surface area contributed by atoms with Crippen LogP contribution < -0.4 is 10.3 Å². The molecule has 25 heavy (non-hydrogen) atoms. The summed E-state index contributed by atoms with van der Waals surface area (Å²) in [5.74, 6) is -6.43. The van der Waals surface area contributed by atoms with Gasteiger partial charge in [0, 0.05) is 31.8 Å². The topological polar surface area (TPSA) is 70.8 Å². The second-order valence-electron chi connectivity index (χ2n) is 5.11. The van der Waals surface area contributed by atoms with Crippen LogP contribution in [0.4, 0.5) is 34.6 Å². The van der Waals surface area contributed by atoms with E-state index in [1.165, 1.54) is 23.1 Å². The number of nitro groups is 1. The zero-order valence-electron chi connectivity index (χ0n) is 13.1. The van der Waals surface area contributed by atoms with Gasteiger partial charge in [0.2, 0.25) is 0 Å². The van der Waals surface area contributed by atoms with Crippen molar-refractivity contribution in [2.45, 2.75) is 0 Å². The van der Waals surface area contributed by atoms with E-state index in [1.807, 2.05) is 5.43 Å². The highest BCUT2D eigenvalue weighted by atomic mass is 19.2. The van der Waals surface area contributed by atoms with E-state index in [4.69, 9.17) is 0 Å². The molecule has 0 heterocycles. The first-order valence-corrected chi connectivity index (χ1v) is 6.80. The first kappa shape index (κ1) is 18.2. The normalized spacial score (nSPS) is 11.0. The second kappa shape index (κ2) is 7.16. The third-order valence-electron chi connectivity index (χ3n) is 3.18. The Morgan fingerprint density at radius 3 is 2.24 bits per heavy atom. The zero-order valence-corrected chi connectivity index (χ0v) is 13.1. The van der Waals surface area contributed by atoms with Gasteiger partial charge in [-0.15, -0.1) is 0 Å². The number of anilines is 2. The van der Waals surface area contributed by atoms with E-state index >= 15 is 0 Å². The predicted molar refractivity (Wildman–Crippen MR) is 84.9 cm³/mol. The first-order valence-electron chi connectivity index (χ1n) is 6.80. The van der Waals surface area contributed by atoms with E-state index in [2.05, 4.69) is 5.10 Å². The minimum absolute atomic E-state index is 0.0723. The molecule has 0 saturated carbocycles. The average Bonchev–Trinajstić information content (AvgIpc) is 2.55. The molecule has 132 valence electrons. The Morgan fingerprint density at radius 2 is 1.72 bits per heavy atom. The van der Waals surface area contributed by atoms with E-state index in [9.17, 15) is 27.7 Å². The van der Waals surface area contributed by atoms with Crippen molar-refractivity contribution >= 4 is 23.3 Å². The SMILES string of the molecule is CN(C)c1ccc(C=NNc2c(F)c(F)cc(F)c2F)cc1[N+](=O)[O-]. The average molecular weight is 356 g/mol.